The second-order valence-electron chi connectivity index (χ2n) is 6.85. The van der Waals surface area contributed by atoms with Crippen molar-refractivity contribution in [1.82, 2.24) is 0 Å². The van der Waals surface area contributed by atoms with Crippen molar-refractivity contribution in [1.29, 1.82) is 5.26 Å². The zero-order valence-electron chi connectivity index (χ0n) is 17.3. The van der Waals surface area contributed by atoms with Gasteiger partial charge in [0.1, 0.15) is 22.3 Å². The molecule has 1 N–H and O–H groups in total. The number of non-ortho nitro benzene ring substituents is 1. The van der Waals surface area contributed by atoms with Crippen molar-refractivity contribution in [3.63, 3.8) is 0 Å². The topological polar surface area (TPSA) is 139 Å². The molecule has 0 heterocycles. The van der Waals surface area contributed by atoms with Gasteiger partial charge in [-0.3, -0.25) is 14.9 Å². The largest absolute Gasteiger partial charge is 0.379 e. The van der Waals surface area contributed by atoms with Crippen LogP contribution in [0.2, 0.25) is 0 Å². The van der Waals surface area contributed by atoms with Crippen LogP contribution < -0.4 is 9.50 Å². The molecule has 0 saturated heterocycles. The van der Waals surface area contributed by atoms with Crippen LogP contribution in [0, 0.1) is 28.4 Å². The summed E-state index contributed by atoms with van der Waals surface area (Å²) in [7, 11) is -4.01. The third kappa shape index (κ3) is 6.03. The molecule has 0 aromatic heterocycles. The van der Waals surface area contributed by atoms with E-state index in [0.29, 0.717) is 5.56 Å². The summed E-state index contributed by atoms with van der Waals surface area (Å²) in [6.45, 7) is 1.84. The first-order valence-electron chi connectivity index (χ1n) is 9.47. The van der Waals surface area contributed by atoms with Crippen LogP contribution in [0.4, 0.5) is 11.4 Å². The van der Waals surface area contributed by atoms with E-state index in [4.69, 9.17) is 4.18 Å². The first kappa shape index (κ1) is 23.2. The van der Waals surface area contributed by atoms with E-state index in [1.807, 2.05) is 6.92 Å². The molecule has 0 spiro atoms. The molecule has 0 atom stereocenters. The number of anilines is 1. The third-order valence-electron chi connectivity index (χ3n) is 4.39. The number of nitro benzene ring substituents is 1. The van der Waals surface area contributed by atoms with E-state index >= 15 is 0 Å². The molecule has 10 heteroatoms. The lowest BCUT2D eigenvalue weighted by Crippen LogP contribution is -2.13. The monoisotopic (exact) mass is 463 g/mol. The summed E-state index contributed by atoms with van der Waals surface area (Å²) in [6, 6.07) is 19.1. The van der Waals surface area contributed by atoms with Gasteiger partial charge in [-0.05, 0) is 48.9 Å². The number of nitriles is 1. The van der Waals surface area contributed by atoms with Gasteiger partial charge in [0, 0.05) is 17.8 Å². The molecular weight excluding hydrogens is 446 g/mol. The fraction of sp³-hybridized carbons (Fsp3) is 0.0435. The van der Waals surface area contributed by atoms with Gasteiger partial charge in [-0.15, -0.1) is 0 Å². The lowest BCUT2D eigenvalue weighted by Gasteiger charge is -2.08. The molecule has 0 aliphatic heterocycles. The number of benzene rings is 3. The Morgan fingerprint density at radius 2 is 1.76 bits per heavy atom. The molecule has 3 rings (SSSR count). The predicted octanol–water partition coefficient (Wildman–Crippen LogP) is 4.22. The molecule has 0 saturated carbocycles. The van der Waals surface area contributed by atoms with Crippen molar-refractivity contribution >= 4 is 33.5 Å². The number of nitrogens with one attached hydrogen (secondary N) is 1. The predicted molar refractivity (Wildman–Crippen MR) is 121 cm³/mol. The average Bonchev–Trinajstić information content (AvgIpc) is 2.78. The highest BCUT2D eigenvalue weighted by atomic mass is 32.2. The Morgan fingerprint density at radius 3 is 2.36 bits per heavy atom. The van der Waals surface area contributed by atoms with Crippen LogP contribution in [0.3, 0.4) is 0 Å². The van der Waals surface area contributed by atoms with Crippen LogP contribution >= 0.6 is 0 Å². The van der Waals surface area contributed by atoms with Gasteiger partial charge in [-0.2, -0.15) is 13.7 Å². The number of nitro groups is 1. The van der Waals surface area contributed by atoms with E-state index in [1.54, 1.807) is 18.2 Å². The standard InChI is InChI=1S/C23H17N3O6S/c1-16-5-11-22(12-6-16)33(30,31)32-21-9-7-17(8-10-21)13-18(15-24)23(27)25-19-3-2-4-20(14-19)26(28)29/h2-14H,1H3,(H,25,27)/b18-13+. The highest BCUT2D eigenvalue weighted by Crippen LogP contribution is 2.21. The minimum atomic E-state index is -4.01. The molecule has 3 aromatic carbocycles. The summed E-state index contributed by atoms with van der Waals surface area (Å²) in [5.41, 5.74) is 1.07. The van der Waals surface area contributed by atoms with Crippen molar-refractivity contribution in [2.24, 2.45) is 0 Å². The molecule has 0 fully saturated rings. The Labute approximate surface area is 189 Å². The van der Waals surface area contributed by atoms with Gasteiger partial charge in [0.25, 0.3) is 11.6 Å². The molecule has 0 aliphatic rings. The zero-order chi connectivity index (χ0) is 24.0. The van der Waals surface area contributed by atoms with Gasteiger partial charge >= 0.3 is 10.1 Å². The van der Waals surface area contributed by atoms with Crippen LogP contribution in [-0.2, 0) is 14.9 Å². The molecule has 166 valence electrons. The fourth-order valence-corrected chi connectivity index (χ4v) is 3.64. The van der Waals surface area contributed by atoms with E-state index in [9.17, 15) is 28.6 Å². The number of rotatable bonds is 7. The number of hydrogen-bond acceptors (Lipinski definition) is 7. The highest BCUT2D eigenvalue weighted by molar-refractivity contribution is 7.87. The van der Waals surface area contributed by atoms with Crippen molar-refractivity contribution < 1.29 is 22.3 Å². The Bertz CT molecular complexity index is 1370. The summed E-state index contributed by atoms with van der Waals surface area (Å²) >= 11 is 0. The Morgan fingerprint density at radius 1 is 1.09 bits per heavy atom. The Balaban J connectivity index is 1.73. The minimum Gasteiger partial charge on any atom is -0.379 e. The summed E-state index contributed by atoms with van der Waals surface area (Å²) in [6.07, 6.45) is 1.30. The Hall–Kier alpha value is -4.49. The maximum atomic E-state index is 12.4. The molecule has 1 amide bonds. The molecule has 0 radical (unpaired) electrons. The summed E-state index contributed by atoms with van der Waals surface area (Å²) in [5, 5.41) is 22.6. The summed E-state index contributed by atoms with van der Waals surface area (Å²) < 4.78 is 29.9. The SMILES string of the molecule is Cc1ccc(S(=O)(=O)Oc2ccc(/C=C(\C#N)C(=O)Nc3cccc([N+](=O)[O-])c3)cc2)cc1. The van der Waals surface area contributed by atoms with E-state index in [-0.39, 0.29) is 27.6 Å². The summed E-state index contributed by atoms with van der Waals surface area (Å²) in [5.74, 6) is -0.687. The lowest BCUT2D eigenvalue weighted by molar-refractivity contribution is -0.384. The minimum absolute atomic E-state index is 0.0154. The van der Waals surface area contributed by atoms with E-state index < -0.39 is 20.9 Å². The van der Waals surface area contributed by atoms with Crippen LogP contribution in [0.1, 0.15) is 11.1 Å². The zero-order valence-corrected chi connectivity index (χ0v) is 18.1. The Kier molecular flexibility index (Phi) is 6.85. The van der Waals surface area contributed by atoms with Gasteiger partial charge in [0.2, 0.25) is 0 Å². The van der Waals surface area contributed by atoms with Gasteiger partial charge in [0.15, 0.2) is 0 Å². The molecule has 0 unspecified atom stereocenters. The molecule has 0 bridgehead atoms. The quantitative estimate of drug-likeness (QED) is 0.182. The molecule has 9 nitrogen and oxygen atoms in total. The average molecular weight is 463 g/mol. The van der Waals surface area contributed by atoms with E-state index in [1.165, 1.54) is 66.7 Å². The van der Waals surface area contributed by atoms with Gasteiger partial charge in [0.05, 0.1) is 4.92 Å². The summed E-state index contributed by atoms with van der Waals surface area (Å²) in [4.78, 5) is 22.7. The van der Waals surface area contributed by atoms with Crippen molar-refractivity contribution in [2.45, 2.75) is 11.8 Å². The second kappa shape index (κ2) is 9.76. The van der Waals surface area contributed by atoms with Gasteiger partial charge in [-0.25, -0.2) is 0 Å². The number of amides is 1. The smallest absolute Gasteiger partial charge is 0.339 e. The molecule has 0 aliphatic carbocycles. The van der Waals surface area contributed by atoms with Crippen LogP contribution in [0.15, 0.2) is 83.3 Å². The van der Waals surface area contributed by atoms with Crippen LogP contribution in [-0.4, -0.2) is 19.2 Å². The highest BCUT2D eigenvalue weighted by Gasteiger charge is 2.16. The normalized spacial score (nSPS) is 11.3. The van der Waals surface area contributed by atoms with Crippen molar-refractivity contribution in [3.8, 4) is 11.8 Å². The molecular formula is C23H17N3O6S. The first-order chi connectivity index (χ1) is 15.7. The first-order valence-corrected chi connectivity index (χ1v) is 10.9. The van der Waals surface area contributed by atoms with Gasteiger partial charge < -0.3 is 9.50 Å². The number of nitrogens with zero attached hydrogens (tertiary/aromatic N) is 2. The third-order valence-corrected chi connectivity index (χ3v) is 5.65. The van der Waals surface area contributed by atoms with E-state index in [0.717, 1.165) is 5.56 Å². The number of aryl methyl sites for hydroxylation is 1. The van der Waals surface area contributed by atoms with Crippen LogP contribution in [0.25, 0.3) is 6.08 Å². The lowest BCUT2D eigenvalue weighted by atomic mass is 10.1. The van der Waals surface area contributed by atoms with Gasteiger partial charge in [-0.1, -0.05) is 35.9 Å². The van der Waals surface area contributed by atoms with Crippen molar-refractivity contribution in [3.05, 3.63) is 99.6 Å². The number of carbonyl (C=O) groups excluding carboxylic acids is 1. The molecule has 3 aromatic rings. The maximum absolute atomic E-state index is 12.4. The van der Waals surface area contributed by atoms with Crippen LogP contribution in [0.5, 0.6) is 5.75 Å². The number of carbonyl (C=O) groups is 1. The second-order valence-corrected chi connectivity index (χ2v) is 8.40. The van der Waals surface area contributed by atoms with Crippen molar-refractivity contribution in [2.75, 3.05) is 5.32 Å². The molecule has 33 heavy (non-hydrogen) atoms. The number of hydrogen-bond donors (Lipinski definition) is 1. The fourth-order valence-electron chi connectivity index (χ4n) is 2.71. The van der Waals surface area contributed by atoms with E-state index in [2.05, 4.69) is 5.32 Å². The maximum Gasteiger partial charge on any atom is 0.339 e.